The predicted octanol–water partition coefficient (Wildman–Crippen LogP) is 1.69. The number of hydrogen-bond acceptors (Lipinski definition) is 5. The highest BCUT2D eigenvalue weighted by Crippen LogP contribution is 2.15. The second-order valence-electron chi connectivity index (χ2n) is 4.13. The molecule has 0 aliphatic heterocycles. The molecule has 1 aromatic carbocycles. The molecule has 0 saturated heterocycles. The summed E-state index contributed by atoms with van der Waals surface area (Å²) in [4.78, 5) is 0.368. The van der Waals surface area contributed by atoms with Crippen LogP contribution >= 0.6 is 11.8 Å². The lowest BCUT2D eigenvalue weighted by Gasteiger charge is -2.06. The summed E-state index contributed by atoms with van der Waals surface area (Å²) in [7, 11) is -1.53. The zero-order valence-electron chi connectivity index (χ0n) is 11.2. The third-order valence-electron chi connectivity index (χ3n) is 2.63. The number of thioether (sulfide) groups is 1. The second kappa shape index (κ2) is 8.58. The first kappa shape index (κ1) is 16.5. The summed E-state index contributed by atoms with van der Waals surface area (Å²) in [5, 5.41) is 0. The average Bonchev–Trinajstić information content (AvgIpc) is 2.43. The van der Waals surface area contributed by atoms with Gasteiger partial charge >= 0.3 is 0 Å². The van der Waals surface area contributed by atoms with E-state index in [1.54, 1.807) is 37.1 Å². The van der Waals surface area contributed by atoms with Crippen LogP contribution in [0.3, 0.4) is 0 Å². The molecule has 0 atom stereocenters. The van der Waals surface area contributed by atoms with Gasteiger partial charge in [0.1, 0.15) is 0 Å². The van der Waals surface area contributed by atoms with Crippen molar-refractivity contribution in [2.45, 2.75) is 17.9 Å². The van der Waals surface area contributed by atoms with Gasteiger partial charge in [0.05, 0.1) is 10.6 Å². The maximum absolute atomic E-state index is 12.1. The van der Waals surface area contributed by atoms with Crippen molar-refractivity contribution < 1.29 is 13.2 Å². The van der Waals surface area contributed by atoms with Crippen molar-refractivity contribution in [2.75, 3.05) is 31.0 Å². The van der Waals surface area contributed by atoms with Gasteiger partial charge in [-0.15, -0.1) is 0 Å². The topological polar surface area (TPSA) is 69.4 Å². The van der Waals surface area contributed by atoms with Crippen LogP contribution < -0.4 is 5.73 Å². The SMILES string of the molecule is COCCCSCCS(=O)(=O)c1cccc(CN)c1. The molecule has 0 aliphatic carbocycles. The van der Waals surface area contributed by atoms with Gasteiger partial charge in [0.15, 0.2) is 9.84 Å². The van der Waals surface area contributed by atoms with Crippen LogP contribution in [-0.4, -0.2) is 39.4 Å². The normalized spacial score (nSPS) is 11.7. The lowest BCUT2D eigenvalue weighted by molar-refractivity contribution is 0.200. The van der Waals surface area contributed by atoms with E-state index in [2.05, 4.69) is 0 Å². The highest BCUT2D eigenvalue weighted by atomic mass is 32.2. The molecule has 0 amide bonds. The summed E-state index contributed by atoms with van der Waals surface area (Å²) in [5.41, 5.74) is 6.36. The first-order valence-corrected chi connectivity index (χ1v) is 8.99. The summed E-state index contributed by atoms with van der Waals surface area (Å²) in [5.74, 6) is 1.70. The van der Waals surface area contributed by atoms with Crippen LogP contribution in [0.2, 0.25) is 0 Å². The molecule has 0 aliphatic rings. The van der Waals surface area contributed by atoms with E-state index >= 15 is 0 Å². The third-order valence-corrected chi connectivity index (χ3v) is 5.67. The Labute approximate surface area is 119 Å². The Morgan fingerprint density at radius 2 is 2.11 bits per heavy atom. The molecule has 0 bridgehead atoms. The van der Waals surface area contributed by atoms with Crippen molar-refractivity contribution in [3.8, 4) is 0 Å². The Hall–Kier alpha value is -0.560. The minimum absolute atomic E-state index is 0.165. The predicted molar refractivity (Wildman–Crippen MR) is 80.2 cm³/mol. The number of benzene rings is 1. The molecule has 0 unspecified atom stereocenters. The molecule has 6 heteroatoms. The van der Waals surface area contributed by atoms with Gasteiger partial charge < -0.3 is 10.5 Å². The Morgan fingerprint density at radius 3 is 2.79 bits per heavy atom. The zero-order valence-corrected chi connectivity index (χ0v) is 12.8. The molecule has 4 nitrogen and oxygen atoms in total. The smallest absolute Gasteiger partial charge is 0.179 e. The maximum atomic E-state index is 12.1. The molecule has 108 valence electrons. The molecule has 0 saturated carbocycles. The van der Waals surface area contributed by atoms with Gasteiger partial charge in [0, 0.05) is 26.0 Å². The summed E-state index contributed by atoms with van der Waals surface area (Å²) < 4.78 is 29.2. The molecule has 2 N–H and O–H groups in total. The van der Waals surface area contributed by atoms with Crippen molar-refractivity contribution in [1.29, 1.82) is 0 Å². The van der Waals surface area contributed by atoms with E-state index < -0.39 is 9.84 Å². The van der Waals surface area contributed by atoms with Gasteiger partial charge in [0.2, 0.25) is 0 Å². The van der Waals surface area contributed by atoms with Gasteiger partial charge in [-0.3, -0.25) is 0 Å². The van der Waals surface area contributed by atoms with Crippen molar-refractivity contribution in [1.82, 2.24) is 0 Å². The number of nitrogens with two attached hydrogens (primary N) is 1. The number of ether oxygens (including phenoxy) is 1. The summed E-state index contributed by atoms with van der Waals surface area (Å²) in [6.45, 7) is 1.08. The Kier molecular flexibility index (Phi) is 7.45. The number of rotatable bonds is 9. The van der Waals surface area contributed by atoms with Gasteiger partial charge in [-0.1, -0.05) is 12.1 Å². The molecular weight excluding hydrogens is 282 g/mol. The summed E-state index contributed by atoms with van der Waals surface area (Å²) >= 11 is 1.64. The number of methoxy groups -OCH3 is 1. The van der Waals surface area contributed by atoms with Crippen LogP contribution in [0.15, 0.2) is 29.2 Å². The van der Waals surface area contributed by atoms with Crippen LogP contribution in [0.5, 0.6) is 0 Å². The first-order valence-electron chi connectivity index (χ1n) is 6.18. The van der Waals surface area contributed by atoms with E-state index in [4.69, 9.17) is 10.5 Å². The van der Waals surface area contributed by atoms with Crippen LogP contribution in [0, 0.1) is 0 Å². The van der Waals surface area contributed by atoms with E-state index in [0.29, 0.717) is 17.2 Å². The van der Waals surface area contributed by atoms with Crippen LogP contribution in [0.1, 0.15) is 12.0 Å². The fourth-order valence-electron chi connectivity index (χ4n) is 1.56. The standard InChI is InChI=1S/C13H21NO3S2/c1-17-6-3-7-18-8-9-19(15,16)13-5-2-4-12(10-13)11-14/h2,4-5,10H,3,6-9,11,14H2,1H3. The van der Waals surface area contributed by atoms with E-state index in [1.165, 1.54) is 0 Å². The highest BCUT2D eigenvalue weighted by Gasteiger charge is 2.14. The molecule has 0 radical (unpaired) electrons. The fraction of sp³-hybridized carbons (Fsp3) is 0.538. The largest absolute Gasteiger partial charge is 0.385 e. The maximum Gasteiger partial charge on any atom is 0.179 e. The molecule has 1 aromatic rings. The minimum Gasteiger partial charge on any atom is -0.385 e. The monoisotopic (exact) mass is 303 g/mol. The van der Waals surface area contributed by atoms with Crippen LogP contribution in [0.4, 0.5) is 0 Å². The Bertz CT molecular complexity index is 475. The minimum atomic E-state index is -3.19. The lowest BCUT2D eigenvalue weighted by atomic mass is 10.2. The van der Waals surface area contributed by atoms with Gasteiger partial charge in [-0.25, -0.2) is 8.42 Å². The Morgan fingerprint density at radius 1 is 1.32 bits per heavy atom. The second-order valence-corrected chi connectivity index (χ2v) is 7.46. The third kappa shape index (κ3) is 5.95. The van der Waals surface area contributed by atoms with Crippen molar-refractivity contribution in [3.05, 3.63) is 29.8 Å². The van der Waals surface area contributed by atoms with Gasteiger partial charge in [-0.05, 0) is 29.9 Å². The molecule has 0 heterocycles. The molecule has 0 aromatic heterocycles. The van der Waals surface area contributed by atoms with Crippen LogP contribution in [0.25, 0.3) is 0 Å². The van der Waals surface area contributed by atoms with Crippen molar-refractivity contribution >= 4 is 21.6 Å². The average molecular weight is 303 g/mol. The molecule has 1 rings (SSSR count). The quantitative estimate of drug-likeness (QED) is 0.703. The first-order chi connectivity index (χ1) is 9.10. The van der Waals surface area contributed by atoms with E-state index in [0.717, 1.165) is 24.3 Å². The fourth-order valence-corrected chi connectivity index (χ4v) is 4.29. The van der Waals surface area contributed by atoms with Crippen molar-refractivity contribution in [2.24, 2.45) is 5.73 Å². The van der Waals surface area contributed by atoms with Crippen molar-refractivity contribution in [3.63, 3.8) is 0 Å². The highest BCUT2D eigenvalue weighted by molar-refractivity contribution is 8.00. The Balaban J connectivity index is 2.46. The van der Waals surface area contributed by atoms with Gasteiger partial charge in [0.25, 0.3) is 0 Å². The lowest BCUT2D eigenvalue weighted by Crippen LogP contribution is -2.10. The zero-order chi connectivity index (χ0) is 14.1. The van der Waals surface area contributed by atoms with E-state index in [1.807, 2.05) is 6.07 Å². The summed E-state index contributed by atoms with van der Waals surface area (Å²) in [6, 6.07) is 6.86. The number of sulfone groups is 1. The molecule has 0 spiro atoms. The number of hydrogen-bond donors (Lipinski definition) is 1. The summed E-state index contributed by atoms with van der Waals surface area (Å²) in [6.07, 6.45) is 0.948. The molecular formula is C13H21NO3S2. The van der Waals surface area contributed by atoms with Crippen LogP contribution in [-0.2, 0) is 21.1 Å². The van der Waals surface area contributed by atoms with E-state index in [9.17, 15) is 8.42 Å². The van der Waals surface area contributed by atoms with E-state index in [-0.39, 0.29) is 5.75 Å². The van der Waals surface area contributed by atoms with Gasteiger partial charge in [-0.2, -0.15) is 11.8 Å². The molecule has 19 heavy (non-hydrogen) atoms. The molecule has 0 fully saturated rings.